The molecule has 5 heteroatoms. The summed E-state index contributed by atoms with van der Waals surface area (Å²) in [7, 11) is 4.70. The standard InChI is InChI=1S/C14H17NO4/c1-17-11-7-9(8-12(18-2)14(11)19-3)10-5-4-6-13(16)15-10/h4,6-8,10H,5H2,1-3H3,(H,15,16)/t10-/m0/s1. The van der Waals surface area contributed by atoms with Crippen LogP contribution in [0.25, 0.3) is 0 Å². The van der Waals surface area contributed by atoms with Gasteiger partial charge in [-0.05, 0) is 30.2 Å². The molecule has 102 valence electrons. The molecule has 1 aromatic rings. The summed E-state index contributed by atoms with van der Waals surface area (Å²) in [4.78, 5) is 11.4. The number of benzene rings is 1. The van der Waals surface area contributed by atoms with Crippen LogP contribution >= 0.6 is 0 Å². The third-order valence-corrected chi connectivity index (χ3v) is 3.05. The zero-order chi connectivity index (χ0) is 13.8. The van der Waals surface area contributed by atoms with Crippen LogP contribution in [0.15, 0.2) is 24.3 Å². The highest BCUT2D eigenvalue weighted by molar-refractivity contribution is 5.88. The molecule has 0 fully saturated rings. The molecule has 0 unspecified atom stereocenters. The van der Waals surface area contributed by atoms with Crippen LogP contribution in [-0.4, -0.2) is 27.2 Å². The van der Waals surface area contributed by atoms with Gasteiger partial charge in [-0.25, -0.2) is 0 Å². The summed E-state index contributed by atoms with van der Waals surface area (Å²) in [6.45, 7) is 0. The smallest absolute Gasteiger partial charge is 0.244 e. The van der Waals surface area contributed by atoms with E-state index in [9.17, 15) is 4.79 Å². The lowest BCUT2D eigenvalue weighted by Gasteiger charge is -2.22. The summed E-state index contributed by atoms with van der Waals surface area (Å²) in [5, 5.41) is 2.90. The van der Waals surface area contributed by atoms with E-state index in [0.717, 1.165) is 12.0 Å². The Balaban J connectivity index is 2.41. The molecule has 0 aromatic heterocycles. The van der Waals surface area contributed by atoms with Gasteiger partial charge in [0.1, 0.15) is 0 Å². The first-order valence-corrected chi connectivity index (χ1v) is 5.96. The van der Waals surface area contributed by atoms with Crippen molar-refractivity contribution in [3.63, 3.8) is 0 Å². The Labute approximate surface area is 112 Å². The number of hydrogen-bond donors (Lipinski definition) is 1. The van der Waals surface area contributed by atoms with Gasteiger partial charge >= 0.3 is 0 Å². The van der Waals surface area contributed by atoms with E-state index in [2.05, 4.69) is 5.32 Å². The lowest BCUT2D eigenvalue weighted by atomic mass is 10.00. The maximum atomic E-state index is 11.4. The molecule has 1 N–H and O–H groups in total. The van der Waals surface area contributed by atoms with Gasteiger partial charge in [-0.2, -0.15) is 0 Å². The van der Waals surface area contributed by atoms with Crippen LogP contribution in [-0.2, 0) is 4.79 Å². The van der Waals surface area contributed by atoms with E-state index in [1.165, 1.54) is 6.08 Å². The largest absolute Gasteiger partial charge is 0.493 e. The maximum absolute atomic E-state index is 11.4. The van der Waals surface area contributed by atoms with Crippen molar-refractivity contribution in [2.45, 2.75) is 12.5 Å². The Morgan fingerprint density at radius 2 is 1.74 bits per heavy atom. The van der Waals surface area contributed by atoms with Crippen molar-refractivity contribution in [1.29, 1.82) is 0 Å². The fourth-order valence-corrected chi connectivity index (χ4v) is 2.11. The third kappa shape index (κ3) is 2.65. The van der Waals surface area contributed by atoms with Gasteiger partial charge in [-0.15, -0.1) is 0 Å². The number of ether oxygens (including phenoxy) is 3. The van der Waals surface area contributed by atoms with Crippen molar-refractivity contribution in [2.24, 2.45) is 0 Å². The van der Waals surface area contributed by atoms with Crippen molar-refractivity contribution in [3.05, 3.63) is 29.8 Å². The molecule has 0 saturated carbocycles. The second-order valence-electron chi connectivity index (χ2n) is 4.16. The van der Waals surface area contributed by atoms with E-state index >= 15 is 0 Å². The van der Waals surface area contributed by atoms with Gasteiger partial charge in [-0.3, -0.25) is 4.79 Å². The minimum atomic E-state index is -0.0926. The van der Waals surface area contributed by atoms with Crippen molar-refractivity contribution in [3.8, 4) is 17.2 Å². The second-order valence-corrected chi connectivity index (χ2v) is 4.16. The van der Waals surface area contributed by atoms with Gasteiger partial charge in [0.25, 0.3) is 0 Å². The number of hydrogen-bond acceptors (Lipinski definition) is 4. The topological polar surface area (TPSA) is 56.8 Å². The molecule has 0 aliphatic carbocycles. The zero-order valence-corrected chi connectivity index (χ0v) is 11.2. The number of carbonyl (C=O) groups is 1. The Morgan fingerprint density at radius 3 is 2.21 bits per heavy atom. The number of nitrogens with one attached hydrogen (secondary N) is 1. The minimum absolute atomic E-state index is 0.0776. The Kier molecular flexibility index (Phi) is 3.94. The van der Waals surface area contributed by atoms with E-state index < -0.39 is 0 Å². The van der Waals surface area contributed by atoms with Crippen LogP contribution < -0.4 is 19.5 Å². The van der Waals surface area contributed by atoms with Crippen molar-refractivity contribution in [1.82, 2.24) is 5.32 Å². The number of methoxy groups -OCH3 is 3. The highest BCUT2D eigenvalue weighted by Crippen LogP contribution is 2.40. The summed E-state index contributed by atoms with van der Waals surface area (Å²) in [6.07, 6.45) is 4.13. The predicted molar refractivity (Wildman–Crippen MR) is 70.7 cm³/mol. The van der Waals surface area contributed by atoms with Crippen LogP contribution in [0.4, 0.5) is 0 Å². The first-order valence-electron chi connectivity index (χ1n) is 5.96. The molecule has 1 aliphatic rings. The molecule has 2 rings (SSSR count). The molecule has 1 aliphatic heterocycles. The van der Waals surface area contributed by atoms with Crippen molar-refractivity contribution >= 4 is 5.91 Å². The van der Waals surface area contributed by atoms with Gasteiger partial charge < -0.3 is 19.5 Å². The monoisotopic (exact) mass is 263 g/mol. The van der Waals surface area contributed by atoms with Gasteiger partial charge in [0.15, 0.2) is 11.5 Å². The number of rotatable bonds is 4. The van der Waals surface area contributed by atoms with Crippen LogP contribution in [0.3, 0.4) is 0 Å². The summed E-state index contributed by atoms with van der Waals surface area (Å²) in [5.41, 5.74) is 0.923. The third-order valence-electron chi connectivity index (χ3n) is 3.05. The van der Waals surface area contributed by atoms with Crippen LogP contribution in [0.1, 0.15) is 18.0 Å². The summed E-state index contributed by atoms with van der Waals surface area (Å²) < 4.78 is 15.9. The minimum Gasteiger partial charge on any atom is -0.493 e. The fourth-order valence-electron chi connectivity index (χ4n) is 2.11. The van der Waals surface area contributed by atoms with Gasteiger partial charge in [0.05, 0.1) is 27.4 Å². The average Bonchev–Trinajstić information content (AvgIpc) is 2.45. The van der Waals surface area contributed by atoms with E-state index in [0.29, 0.717) is 17.2 Å². The molecule has 0 bridgehead atoms. The highest BCUT2D eigenvalue weighted by atomic mass is 16.5. The molecular weight excluding hydrogens is 246 g/mol. The zero-order valence-electron chi connectivity index (χ0n) is 11.2. The quantitative estimate of drug-likeness (QED) is 0.900. The average molecular weight is 263 g/mol. The lowest BCUT2D eigenvalue weighted by Crippen LogP contribution is -2.29. The van der Waals surface area contributed by atoms with E-state index in [-0.39, 0.29) is 11.9 Å². The highest BCUT2D eigenvalue weighted by Gasteiger charge is 2.20. The molecule has 1 heterocycles. The maximum Gasteiger partial charge on any atom is 0.244 e. The molecular formula is C14H17NO4. The fraction of sp³-hybridized carbons (Fsp3) is 0.357. The molecule has 5 nitrogen and oxygen atoms in total. The molecule has 1 aromatic carbocycles. The van der Waals surface area contributed by atoms with E-state index in [1.54, 1.807) is 21.3 Å². The number of carbonyl (C=O) groups excluding carboxylic acids is 1. The van der Waals surface area contributed by atoms with Gasteiger partial charge in [0.2, 0.25) is 11.7 Å². The first-order chi connectivity index (χ1) is 9.19. The summed E-state index contributed by atoms with van der Waals surface area (Å²) >= 11 is 0. The predicted octanol–water partition coefficient (Wildman–Crippen LogP) is 1.83. The molecule has 1 atom stereocenters. The molecule has 1 amide bonds. The summed E-state index contributed by atoms with van der Waals surface area (Å²) in [5.74, 6) is 1.62. The normalized spacial score (nSPS) is 17.8. The first kappa shape index (κ1) is 13.3. The van der Waals surface area contributed by atoms with Crippen molar-refractivity contribution in [2.75, 3.05) is 21.3 Å². The van der Waals surface area contributed by atoms with E-state index in [1.807, 2.05) is 18.2 Å². The molecule has 0 saturated heterocycles. The molecule has 0 radical (unpaired) electrons. The Morgan fingerprint density at radius 1 is 1.11 bits per heavy atom. The van der Waals surface area contributed by atoms with Crippen LogP contribution in [0.2, 0.25) is 0 Å². The molecule has 0 spiro atoms. The van der Waals surface area contributed by atoms with Crippen LogP contribution in [0, 0.1) is 0 Å². The lowest BCUT2D eigenvalue weighted by molar-refractivity contribution is -0.117. The Bertz CT molecular complexity index is 485. The molecule has 19 heavy (non-hydrogen) atoms. The Hall–Kier alpha value is -2.17. The van der Waals surface area contributed by atoms with Crippen molar-refractivity contribution < 1.29 is 19.0 Å². The second kappa shape index (κ2) is 5.65. The summed E-state index contributed by atoms with van der Waals surface area (Å²) in [6, 6.07) is 3.63. The van der Waals surface area contributed by atoms with Gasteiger partial charge in [-0.1, -0.05) is 6.08 Å². The number of amides is 1. The van der Waals surface area contributed by atoms with Gasteiger partial charge in [0, 0.05) is 0 Å². The van der Waals surface area contributed by atoms with Crippen LogP contribution in [0.5, 0.6) is 17.2 Å². The SMILES string of the molecule is COc1cc([C@@H]2CC=CC(=O)N2)cc(OC)c1OC. The van der Waals surface area contributed by atoms with E-state index in [4.69, 9.17) is 14.2 Å².